The quantitative estimate of drug-likeness (QED) is 0.431. The molecule has 9 heteroatoms. The number of nitrogens with zero attached hydrogens (tertiary/aromatic N) is 3. The predicted octanol–water partition coefficient (Wildman–Crippen LogP) is 6.06. The first-order chi connectivity index (χ1) is 16.7. The van der Waals surface area contributed by atoms with Gasteiger partial charge in [0.15, 0.2) is 0 Å². The third-order valence-corrected chi connectivity index (χ3v) is 6.36. The molecule has 0 atom stereocenters. The summed E-state index contributed by atoms with van der Waals surface area (Å²) < 4.78 is 40.8. The molecule has 6 nitrogen and oxygen atoms in total. The van der Waals surface area contributed by atoms with Crippen LogP contribution in [0, 0.1) is 5.92 Å². The fourth-order valence-electron chi connectivity index (χ4n) is 4.56. The fraction of sp³-hybridized carbons (Fsp3) is 0.308. The van der Waals surface area contributed by atoms with Crippen LogP contribution in [-0.2, 0) is 4.79 Å². The van der Waals surface area contributed by atoms with Crippen molar-refractivity contribution in [2.24, 2.45) is 5.92 Å². The summed E-state index contributed by atoms with van der Waals surface area (Å²) in [6, 6.07) is 13.2. The van der Waals surface area contributed by atoms with E-state index in [1.165, 1.54) is 36.0 Å². The molecular formula is C26H24F3N3O3. The van der Waals surface area contributed by atoms with Crippen LogP contribution in [0.4, 0.5) is 18.9 Å². The number of carbonyl (C=O) groups is 2. The van der Waals surface area contributed by atoms with E-state index in [2.05, 4.69) is 9.97 Å². The molecule has 1 amide bonds. The lowest BCUT2D eigenvalue weighted by Gasteiger charge is -2.28. The number of carboxylic acids is 1. The van der Waals surface area contributed by atoms with Gasteiger partial charge in [-0.2, -0.15) is 0 Å². The van der Waals surface area contributed by atoms with E-state index in [0.717, 1.165) is 43.6 Å². The van der Waals surface area contributed by atoms with E-state index in [0.29, 0.717) is 11.6 Å². The molecule has 0 saturated heterocycles. The summed E-state index contributed by atoms with van der Waals surface area (Å²) in [5, 5.41) is 8.97. The Kier molecular flexibility index (Phi) is 7.14. The number of aliphatic carboxylic acids is 1. The Morgan fingerprint density at radius 3 is 2.23 bits per heavy atom. The van der Waals surface area contributed by atoms with Gasteiger partial charge in [0.1, 0.15) is 0 Å². The lowest BCUT2D eigenvalue weighted by atomic mass is 9.77. The zero-order valence-corrected chi connectivity index (χ0v) is 18.8. The Morgan fingerprint density at radius 2 is 1.69 bits per heavy atom. The van der Waals surface area contributed by atoms with E-state index in [4.69, 9.17) is 5.11 Å². The van der Waals surface area contributed by atoms with Crippen molar-refractivity contribution in [3.05, 3.63) is 78.2 Å². The van der Waals surface area contributed by atoms with Crippen LogP contribution in [0.2, 0.25) is 0 Å². The molecule has 182 valence electrons. The largest absolute Gasteiger partial charge is 0.491 e. The highest BCUT2D eigenvalue weighted by Crippen LogP contribution is 2.37. The van der Waals surface area contributed by atoms with Crippen molar-refractivity contribution in [1.29, 1.82) is 0 Å². The minimum absolute atomic E-state index is 0.190. The van der Waals surface area contributed by atoms with Gasteiger partial charge >= 0.3 is 12.3 Å². The van der Waals surface area contributed by atoms with Crippen LogP contribution in [0.15, 0.2) is 67.1 Å². The minimum Gasteiger partial charge on any atom is -0.481 e. The summed E-state index contributed by atoms with van der Waals surface area (Å²) in [7, 11) is 0. The molecule has 2 aromatic heterocycles. The van der Waals surface area contributed by atoms with Crippen LogP contribution in [0.5, 0.6) is 0 Å². The SMILES string of the molecule is O=C(O)CC1CCC(c2ccc(-c3ccc(C(=O)N(c4cccnc4)C(F)(F)F)cn3)cc2)CC1. The number of amides is 1. The van der Waals surface area contributed by atoms with E-state index < -0.39 is 18.2 Å². The summed E-state index contributed by atoms with van der Waals surface area (Å²) in [6.07, 6.45) is 2.43. The molecule has 1 aliphatic rings. The molecule has 0 spiro atoms. The summed E-state index contributed by atoms with van der Waals surface area (Å²) >= 11 is 0. The maximum absolute atomic E-state index is 13.6. The Balaban J connectivity index is 1.45. The smallest absolute Gasteiger partial charge is 0.481 e. The van der Waals surface area contributed by atoms with E-state index in [1.54, 1.807) is 0 Å². The minimum atomic E-state index is -4.92. The normalized spacial score (nSPS) is 18.1. The fourth-order valence-corrected chi connectivity index (χ4v) is 4.56. The molecular weight excluding hydrogens is 459 g/mol. The number of aromatic nitrogens is 2. The van der Waals surface area contributed by atoms with Crippen LogP contribution >= 0.6 is 0 Å². The van der Waals surface area contributed by atoms with E-state index in [1.807, 2.05) is 24.3 Å². The van der Waals surface area contributed by atoms with Gasteiger partial charge in [-0.15, -0.1) is 13.2 Å². The second-order valence-corrected chi connectivity index (χ2v) is 8.69. The van der Waals surface area contributed by atoms with E-state index in [9.17, 15) is 22.8 Å². The first-order valence-electron chi connectivity index (χ1n) is 11.3. The van der Waals surface area contributed by atoms with Crippen molar-refractivity contribution in [3.63, 3.8) is 0 Å². The lowest BCUT2D eigenvalue weighted by Crippen LogP contribution is -2.43. The van der Waals surface area contributed by atoms with Gasteiger partial charge in [-0.1, -0.05) is 24.3 Å². The van der Waals surface area contributed by atoms with Crippen molar-refractivity contribution < 1.29 is 27.9 Å². The highest BCUT2D eigenvalue weighted by molar-refractivity contribution is 6.06. The molecule has 1 N–H and O–H groups in total. The number of alkyl halides is 3. The molecule has 1 fully saturated rings. The Labute approximate surface area is 200 Å². The number of anilines is 1. The zero-order valence-electron chi connectivity index (χ0n) is 18.8. The van der Waals surface area contributed by atoms with Gasteiger partial charge in [-0.05, 0) is 67.3 Å². The Morgan fingerprint density at radius 1 is 0.971 bits per heavy atom. The number of pyridine rings is 2. The number of halogens is 3. The molecule has 1 saturated carbocycles. The predicted molar refractivity (Wildman–Crippen MR) is 124 cm³/mol. The maximum Gasteiger partial charge on any atom is 0.491 e. The average molecular weight is 483 g/mol. The topological polar surface area (TPSA) is 83.4 Å². The number of carboxylic acid groups (broad SMARTS) is 1. The number of hydrogen-bond donors (Lipinski definition) is 1. The van der Waals surface area contributed by atoms with Crippen LogP contribution in [0.3, 0.4) is 0 Å². The molecule has 0 radical (unpaired) electrons. The highest BCUT2D eigenvalue weighted by Gasteiger charge is 2.43. The van der Waals surface area contributed by atoms with Crippen molar-refractivity contribution >= 4 is 17.6 Å². The van der Waals surface area contributed by atoms with Gasteiger partial charge < -0.3 is 5.11 Å². The lowest BCUT2D eigenvalue weighted by molar-refractivity contribution is -0.138. The Hall–Kier alpha value is -3.75. The zero-order chi connectivity index (χ0) is 25.0. The first-order valence-corrected chi connectivity index (χ1v) is 11.3. The maximum atomic E-state index is 13.6. The second-order valence-electron chi connectivity index (χ2n) is 8.69. The van der Waals surface area contributed by atoms with E-state index >= 15 is 0 Å². The van der Waals surface area contributed by atoms with Crippen molar-refractivity contribution in [1.82, 2.24) is 9.97 Å². The summed E-state index contributed by atoms with van der Waals surface area (Å²) in [5.41, 5.74) is 1.93. The first kappa shape index (κ1) is 24.4. The highest BCUT2D eigenvalue weighted by atomic mass is 19.4. The summed E-state index contributed by atoms with van der Waals surface area (Å²) in [6.45, 7) is 0. The van der Waals surface area contributed by atoms with E-state index in [-0.39, 0.29) is 28.5 Å². The molecule has 35 heavy (non-hydrogen) atoms. The molecule has 0 unspecified atom stereocenters. The van der Waals surface area contributed by atoms with Gasteiger partial charge in [0.05, 0.1) is 23.1 Å². The van der Waals surface area contributed by atoms with Crippen LogP contribution in [0.25, 0.3) is 11.3 Å². The molecule has 4 rings (SSSR count). The number of rotatable bonds is 6. The van der Waals surface area contributed by atoms with Gasteiger partial charge in [0.2, 0.25) is 0 Å². The number of benzene rings is 1. The molecule has 0 bridgehead atoms. The third-order valence-electron chi connectivity index (χ3n) is 6.36. The monoisotopic (exact) mass is 483 g/mol. The average Bonchev–Trinajstić information content (AvgIpc) is 2.84. The summed E-state index contributed by atoms with van der Waals surface area (Å²) in [5.74, 6) is -1.37. The van der Waals surface area contributed by atoms with Gasteiger partial charge in [0.25, 0.3) is 5.91 Å². The van der Waals surface area contributed by atoms with Crippen LogP contribution in [-0.4, -0.2) is 33.3 Å². The van der Waals surface area contributed by atoms with Gasteiger partial charge in [-0.25, -0.2) is 4.90 Å². The standard InChI is InChI=1S/C26H24F3N3O3/c27-26(28,29)32(22-2-1-13-30-16-22)25(35)21-11-12-23(31-15-21)20-9-7-19(8-10-20)18-5-3-17(4-6-18)14-24(33)34/h1-2,7-13,15-18H,3-6,14H2,(H,33,34). The van der Waals surface area contributed by atoms with Gasteiger partial charge in [-0.3, -0.25) is 19.6 Å². The van der Waals surface area contributed by atoms with Crippen molar-refractivity contribution in [2.45, 2.75) is 44.3 Å². The third kappa shape index (κ3) is 5.85. The molecule has 1 aromatic carbocycles. The van der Waals surface area contributed by atoms with Crippen LogP contribution in [0.1, 0.15) is 53.9 Å². The van der Waals surface area contributed by atoms with Gasteiger partial charge in [0, 0.05) is 24.4 Å². The number of hydrogen-bond acceptors (Lipinski definition) is 4. The molecule has 3 aromatic rings. The molecule has 2 heterocycles. The summed E-state index contributed by atoms with van der Waals surface area (Å²) in [4.78, 5) is 31.2. The second kappa shape index (κ2) is 10.2. The Bertz CT molecular complexity index is 1160. The van der Waals surface area contributed by atoms with Crippen molar-refractivity contribution in [2.75, 3.05) is 4.90 Å². The number of carbonyl (C=O) groups excluding carboxylic acids is 1. The van der Waals surface area contributed by atoms with Crippen LogP contribution < -0.4 is 4.90 Å². The molecule has 0 aliphatic heterocycles. The van der Waals surface area contributed by atoms with Crippen molar-refractivity contribution in [3.8, 4) is 11.3 Å². The molecule has 1 aliphatic carbocycles.